The van der Waals surface area contributed by atoms with Crippen molar-refractivity contribution >= 4 is 0 Å². The summed E-state index contributed by atoms with van der Waals surface area (Å²) in [6.07, 6.45) is 0.957. The van der Waals surface area contributed by atoms with Gasteiger partial charge in [0, 0.05) is 5.69 Å². The van der Waals surface area contributed by atoms with Gasteiger partial charge in [0.05, 0.1) is 11.8 Å². The minimum atomic E-state index is -0.498. The molecule has 3 nitrogen and oxygen atoms in total. The molecule has 10 heavy (non-hydrogen) atoms. The summed E-state index contributed by atoms with van der Waals surface area (Å²) in [7, 11) is 0. The Hall–Kier alpha value is -0.960. The normalized spacial score (nSPS) is 13.1. The van der Waals surface area contributed by atoms with E-state index in [1.54, 1.807) is 13.0 Å². The predicted octanol–water partition coefficient (Wildman–Crippen LogP) is 0.838. The SMILES string of the molecule is Cc1cc([C@H](C)O)ncn1. The van der Waals surface area contributed by atoms with Gasteiger partial charge >= 0.3 is 0 Å². The van der Waals surface area contributed by atoms with Crippen molar-refractivity contribution in [1.82, 2.24) is 9.97 Å². The highest BCUT2D eigenvalue weighted by Gasteiger charge is 2.00. The Morgan fingerprint density at radius 3 is 2.60 bits per heavy atom. The number of aliphatic hydroxyl groups is 1. The van der Waals surface area contributed by atoms with Gasteiger partial charge < -0.3 is 5.11 Å². The number of nitrogens with zero attached hydrogens (tertiary/aromatic N) is 2. The van der Waals surface area contributed by atoms with E-state index in [-0.39, 0.29) is 0 Å². The Bertz CT molecular complexity index is 223. The van der Waals surface area contributed by atoms with Crippen LogP contribution in [0.25, 0.3) is 0 Å². The van der Waals surface area contributed by atoms with Crippen molar-refractivity contribution in [3.05, 3.63) is 23.8 Å². The van der Waals surface area contributed by atoms with Gasteiger partial charge in [-0.2, -0.15) is 0 Å². The lowest BCUT2D eigenvalue weighted by Crippen LogP contribution is -1.96. The second-order valence-electron chi connectivity index (χ2n) is 2.26. The van der Waals surface area contributed by atoms with E-state index in [0.29, 0.717) is 5.69 Å². The third-order valence-electron chi connectivity index (χ3n) is 1.25. The van der Waals surface area contributed by atoms with Gasteiger partial charge in [-0.3, -0.25) is 0 Å². The van der Waals surface area contributed by atoms with Crippen molar-refractivity contribution in [1.29, 1.82) is 0 Å². The maximum absolute atomic E-state index is 9.06. The third-order valence-corrected chi connectivity index (χ3v) is 1.25. The van der Waals surface area contributed by atoms with Crippen molar-refractivity contribution in [2.75, 3.05) is 0 Å². The number of hydrogen-bond donors (Lipinski definition) is 1. The number of rotatable bonds is 1. The summed E-state index contributed by atoms with van der Waals surface area (Å²) in [5.41, 5.74) is 1.55. The van der Waals surface area contributed by atoms with Crippen molar-refractivity contribution in [2.24, 2.45) is 0 Å². The molecule has 3 heteroatoms. The zero-order valence-electron chi connectivity index (χ0n) is 6.07. The molecule has 1 atom stereocenters. The van der Waals surface area contributed by atoms with Crippen LogP contribution in [0.5, 0.6) is 0 Å². The highest BCUT2D eigenvalue weighted by atomic mass is 16.3. The van der Waals surface area contributed by atoms with E-state index in [1.807, 2.05) is 6.92 Å². The van der Waals surface area contributed by atoms with E-state index in [1.165, 1.54) is 6.33 Å². The lowest BCUT2D eigenvalue weighted by Gasteiger charge is -2.01. The zero-order valence-corrected chi connectivity index (χ0v) is 6.07. The summed E-state index contributed by atoms with van der Waals surface area (Å²) in [6, 6.07) is 1.77. The first-order chi connectivity index (χ1) is 4.70. The molecule has 0 unspecified atom stereocenters. The molecule has 1 heterocycles. The maximum Gasteiger partial charge on any atom is 0.116 e. The van der Waals surface area contributed by atoms with E-state index >= 15 is 0 Å². The lowest BCUT2D eigenvalue weighted by molar-refractivity contribution is 0.194. The van der Waals surface area contributed by atoms with Gasteiger partial charge in [0.25, 0.3) is 0 Å². The first kappa shape index (κ1) is 7.15. The Balaban J connectivity index is 2.96. The summed E-state index contributed by atoms with van der Waals surface area (Å²) in [5, 5.41) is 9.06. The fraction of sp³-hybridized carbons (Fsp3) is 0.429. The van der Waals surface area contributed by atoms with Crippen LogP contribution in [0.15, 0.2) is 12.4 Å². The van der Waals surface area contributed by atoms with Crippen molar-refractivity contribution < 1.29 is 5.11 Å². The van der Waals surface area contributed by atoms with Crippen LogP contribution >= 0.6 is 0 Å². The molecule has 54 valence electrons. The molecule has 0 aromatic carbocycles. The number of aliphatic hydroxyl groups excluding tert-OH is 1. The van der Waals surface area contributed by atoms with E-state index in [0.717, 1.165) is 5.69 Å². The zero-order chi connectivity index (χ0) is 7.56. The molecule has 0 saturated carbocycles. The Kier molecular flexibility index (Phi) is 1.97. The number of aromatic nitrogens is 2. The minimum Gasteiger partial charge on any atom is -0.387 e. The largest absolute Gasteiger partial charge is 0.387 e. The average Bonchev–Trinajstić information content (AvgIpc) is 1.88. The first-order valence-corrected chi connectivity index (χ1v) is 3.17. The quantitative estimate of drug-likeness (QED) is 0.625. The van der Waals surface area contributed by atoms with Gasteiger partial charge in [0.15, 0.2) is 0 Å². The Morgan fingerprint density at radius 1 is 1.50 bits per heavy atom. The molecule has 0 bridgehead atoms. The smallest absolute Gasteiger partial charge is 0.116 e. The van der Waals surface area contributed by atoms with E-state index in [9.17, 15) is 0 Å². The van der Waals surface area contributed by atoms with E-state index in [2.05, 4.69) is 9.97 Å². The standard InChI is InChI=1S/C7H10N2O/c1-5-3-7(6(2)10)9-4-8-5/h3-4,6,10H,1-2H3/t6-/m0/s1. The van der Waals surface area contributed by atoms with Gasteiger partial charge in [0.2, 0.25) is 0 Å². The minimum absolute atomic E-state index is 0.498. The molecular formula is C7H10N2O. The molecule has 0 radical (unpaired) electrons. The van der Waals surface area contributed by atoms with Crippen molar-refractivity contribution in [3.63, 3.8) is 0 Å². The Labute approximate surface area is 59.8 Å². The number of hydrogen-bond acceptors (Lipinski definition) is 3. The van der Waals surface area contributed by atoms with E-state index < -0.39 is 6.10 Å². The van der Waals surface area contributed by atoms with Crippen LogP contribution in [0.2, 0.25) is 0 Å². The summed E-state index contributed by atoms with van der Waals surface area (Å²) < 4.78 is 0. The molecule has 0 saturated heterocycles. The van der Waals surface area contributed by atoms with Crippen LogP contribution in [0, 0.1) is 6.92 Å². The fourth-order valence-electron chi connectivity index (χ4n) is 0.704. The highest BCUT2D eigenvalue weighted by molar-refractivity contribution is 5.07. The molecule has 1 aromatic heterocycles. The van der Waals surface area contributed by atoms with Crippen LogP contribution in [0.3, 0.4) is 0 Å². The first-order valence-electron chi connectivity index (χ1n) is 3.17. The second kappa shape index (κ2) is 2.75. The summed E-state index contributed by atoms with van der Waals surface area (Å²) in [4.78, 5) is 7.78. The highest BCUT2D eigenvalue weighted by Crippen LogP contribution is 2.07. The van der Waals surface area contributed by atoms with Crippen LogP contribution in [0.1, 0.15) is 24.4 Å². The summed E-state index contributed by atoms with van der Waals surface area (Å²) in [5.74, 6) is 0. The second-order valence-corrected chi connectivity index (χ2v) is 2.26. The average molecular weight is 138 g/mol. The monoisotopic (exact) mass is 138 g/mol. The molecule has 1 rings (SSSR count). The third kappa shape index (κ3) is 1.51. The van der Waals surface area contributed by atoms with Gasteiger partial charge in [-0.25, -0.2) is 9.97 Å². The predicted molar refractivity (Wildman–Crippen MR) is 37.4 cm³/mol. The van der Waals surface area contributed by atoms with Gasteiger partial charge in [-0.1, -0.05) is 0 Å². The molecule has 0 aliphatic heterocycles. The molecule has 0 spiro atoms. The molecule has 1 N–H and O–H groups in total. The summed E-state index contributed by atoms with van der Waals surface area (Å²) in [6.45, 7) is 3.55. The fourth-order valence-corrected chi connectivity index (χ4v) is 0.704. The molecule has 0 fully saturated rings. The molecule has 0 amide bonds. The van der Waals surface area contributed by atoms with Crippen molar-refractivity contribution in [3.8, 4) is 0 Å². The lowest BCUT2D eigenvalue weighted by atomic mass is 10.2. The molecule has 0 aliphatic carbocycles. The van der Waals surface area contributed by atoms with Crippen LogP contribution in [0.4, 0.5) is 0 Å². The van der Waals surface area contributed by atoms with Crippen LogP contribution in [-0.4, -0.2) is 15.1 Å². The van der Waals surface area contributed by atoms with Gasteiger partial charge in [-0.05, 0) is 19.9 Å². The Morgan fingerprint density at radius 2 is 2.20 bits per heavy atom. The topological polar surface area (TPSA) is 46.0 Å². The molecule has 0 aliphatic rings. The number of aryl methyl sites for hydroxylation is 1. The molecular weight excluding hydrogens is 128 g/mol. The summed E-state index contributed by atoms with van der Waals surface area (Å²) >= 11 is 0. The van der Waals surface area contributed by atoms with Gasteiger partial charge in [0.1, 0.15) is 6.33 Å². The van der Waals surface area contributed by atoms with Crippen molar-refractivity contribution in [2.45, 2.75) is 20.0 Å². The van der Waals surface area contributed by atoms with Gasteiger partial charge in [-0.15, -0.1) is 0 Å². The van der Waals surface area contributed by atoms with Crippen LogP contribution in [-0.2, 0) is 0 Å². The van der Waals surface area contributed by atoms with E-state index in [4.69, 9.17) is 5.11 Å². The molecule has 1 aromatic rings. The maximum atomic E-state index is 9.06. The van der Waals surface area contributed by atoms with Crippen LogP contribution < -0.4 is 0 Å².